The molecule has 4 heteroatoms. The number of halogens is 3. The highest BCUT2D eigenvalue weighted by Crippen LogP contribution is 2.32. The van der Waals surface area contributed by atoms with Crippen LogP contribution in [0, 0.1) is 0 Å². The van der Waals surface area contributed by atoms with Gasteiger partial charge in [-0.05, 0) is 29.2 Å². The molecule has 0 amide bonds. The quantitative estimate of drug-likeness (QED) is 0.642. The summed E-state index contributed by atoms with van der Waals surface area (Å²) in [5.41, 5.74) is 3.31. The molecule has 0 aromatic heterocycles. The Balaban J connectivity index is 2.07. The average molecular weight is 329 g/mol. The summed E-state index contributed by atoms with van der Waals surface area (Å²) in [7, 11) is 0. The fraction of sp³-hybridized carbons (Fsp3) is 0.250. The highest BCUT2D eigenvalue weighted by Gasteiger charge is 2.06. The van der Waals surface area contributed by atoms with E-state index in [1.54, 1.807) is 12.1 Å². The van der Waals surface area contributed by atoms with Gasteiger partial charge in [-0.1, -0.05) is 72.9 Å². The van der Waals surface area contributed by atoms with Crippen LogP contribution in [0.1, 0.15) is 30.9 Å². The molecule has 0 unspecified atom stereocenters. The largest absolute Gasteiger partial charge is 0.380 e. The van der Waals surface area contributed by atoms with Crippen molar-refractivity contribution in [2.45, 2.75) is 26.3 Å². The summed E-state index contributed by atoms with van der Waals surface area (Å²) < 4.78 is 0. The molecule has 0 atom stereocenters. The summed E-state index contributed by atoms with van der Waals surface area (Å²) in [6, 6.07) is 11.9. The van der Waals surface area contributed by atoms with Gasteiger partial charge in [0.05, 0.1) is 20.8 Å². The van der Waals surface area contributed by atoms with Crippen molar-refractivity contribution in [2.24, 2.45) is 0 Å². The van der Waals surface area contributed by atoms with Gasteiger partial charge in [0.25, 0.3) is 0 Å². The molecule has 2 aromatic carbocycles. The Bertz CT molecular complexity index is 591. The fourth-order valence-corrected chi connectivity index (χ4v) is 2.49. The number of rotatable bonds is 4. The van der Waals surface area contributed by atoms with Crippen molar-refractivity contribution in [2.75, 3.05) is 5.32 Å². The van der Waals surface area contributed by atoms with E-state index in [-0.39, 0.29) is 0 Å². The van der Waals surface area contributed by atoms with E-state index in [0.29, 0.717) is 27.5 Å². The van der Waals surface area contributed by atoms with Gasteiger partial charge < -0.3 is 5.32 Å². The SMILES string of the molecule is CC(C)c1ccc(CNc2cc(Cl)c(Cl)cc2Cl)cc1. The number of anilines is 1. The molecule has 0 aliphatic heterocycles. The molecular weight excluding hydrogens is 313 g/mol. The minimum Gasteiger partial charge on any atom is -0.380 e. The van der Waals surface area contributed by atoms with E-state index >= 15 is 0 Å². The summed E-state index contributed by atoms with van der Waals surface area (Å²) in [4.78, 5) is 0. The minimum atomic E-state index is 0.462. The van der Waals surface area contributed by atoms with Crippen molar-refractivity contribution in [3.63, 3.8) is 0 Å². The van der Waals surface area contributed by atoms with Crippen LogP contribution in [0.25, 0.3) is 0 Å². The van der Waals surface area contributed by atoms with Crippen LogP contribution in [0.2, 0.25) is 15.1 Å². The van der Waals surface area contributed by atoms with Crippen LogP contribution in [0.5, 0.6) is 0 Å². The van der Waals surface area contributed by atoms with Crippen LogP contribution in [0.4, 0.5) is 5.69 Å². The predicted molar refractivity (Wildman–Crippen MR) is 89.3 cm³/mol. The normalized spacial score (nSPS) is 10.9. The molecule has 1 N–H and O–H groups in total. The topological polar surface area (TPSA) is 12.0 Å². The summed E-state index contributed by atoms with van der Waals surface area (Å²) >= 11 is 18.0. The zero-order valence-corrected chi connectivity index (χ0v) is 13.7. The second kappa shape index (κ2) is 6.71. The second-order valence-electron chi connectivity index (χ2n) is 5.00. The Labute approximate surface area is 134 Å². The molecule has 20 heavy (non-hydrogen) atoms. The van der Waals surface area contributed by atoms with Crippen LogP contribution in [-0.2, 0) is 6.54 Å². The Hall–Kier alpha value is -0.890. The maximum Gasteiger partial charge on any atom is 0.0653 e. The van der Waals surface area contributed by atoms with E-state index in [9.17, 15) is 0 Å². The van der Waals surface area contributed by atoms with Crippen LogP contribution in [-0.4, -0.2) is 0 Å². The van der Waals surface area contributed by atoms with Crippen LogP contribution < -0.4 is 5.32 Å². The van der Waals surface area contributed by atoms with Crippen molar-refractivity contribution >= 4 is 40.5 Å². The van der Waals surface area contributed by atoms with Gasteiger partial charge in [-0.3, -0.25) is 0 Å². The highest BCUT2D eigenvalue weighted by atomic mass is 35.5. The van der Waals surface area contributed by atoms with Gasteiger partial charge in [-0.25, -0.2) is 0 Å². The maximum absolute atomic E-state index is 6.13. The van der Waals surface area contributed by atoms with Crippen LogP contribution >= 0.6 is 34.8 Å². The smallest absolute Gasteiger partial charge is 0.0653 e. The number of nitrogens with one attached hydrogen (secondary N) is 1. The number of hydrogen-bond donors (Lipinski definition) is 1. The minimum absolute atomic E-state index is 0.462. The van der Waals surface area contributed by atoms with Crippen molar-refractivity contribution in [1.82, 2.24) is 0 Å². The zero-order valence-electron chi connectivity index (χ0n) is 11.4. The highest BCUT2D eigenvalue weighted by molar-refractivity contribution is 6.44. The predicted octanol–water partition coefficient (Wildman–Crippen LogP) is 6.38. The molecule has 2 rings (SSSR count). The van der Waals surface area contributed by atoms with E-state index < -0.39 is 0 Å². The first kappa shape index (κ1) is 15.5. The van der Waals surface area contributed by atoms with Gasteiger partial charge in [0.15, 0.2) is 0 Å². The molecule has 0 aliphatic carbocycles. The lowest BCUT2D eigenvalue weighted by molar-refractivity contribution is 0.865. The molecule has 0 saturated heterocycles. The molecule has 0 fully saturated rings. The average Bonchev–Trinajstić information content (AvgIpc) is 2.42. The summed E-state index contributed by atoms with van der Waals surface area (Å²) in [6.07, 6.45) is 0. The lowest BCUT2D eigenvalue weighted by Crippen LogP contribution is -2.00. The lowest BCUT2D eigenvalue weighted by Gasteiger charge is -2.11. The van der Waals surface area contributed by atoms with Gasteiger partial charge in [-0.15, -0.1) is 0 Å². The number of hydrogen-bond acceptors (Lipinski definition) is 1. The van der Waals surface area contributed by atoms with Crippen molar-refractivity contribution in [3.05, 3.63) is 62.6 Å². The van der Waals surface area contributed by atoms with E-state index in [2.05, 4.69) is 43.4 Å². The molecule has 0 heterocycles. The monoisotopic (exact) mass is 327 g/mol. The molecule has 2 aromatic rings. The van der Waals surface area contributed by atoms with Crippen molar-refractivity contribution < 1.29 is 0 Å². The van der Waals surface area contributed by atoms with E-state index in [1.165, 1.54) is 11.1 Å². The third-order valence-electron chi connectivity index (χ3n) is 3.14. The van der Waals surface area contributed by atoms with Crippen LogP contribution in [0.3, 0.4) is 0 Å². The summed E-state index contributed by atoms with van der Waals surface area (Å²) in [5, 5.41) is 4.79. The molecule has 0 bridgehead atoms. The summed E-state index contributed by atoms with van der Waals surface area (Å²) in [6.45, 7) is 5.06. The zero-order chi connectivity index (χ0) is 14.7. The number of benzene rings is 2. The Morgan fingerprint density at radius 3 is 2.10 bits per heavy atom. The molecule has 0 spiro atoms. The van der Waals surface area contributed by atoms with Gasteiger partial charge in [0.2, 0.25) is 0 Å². The van der Waals surface area contributed by atoms with E-state index in [1.807, 2.05) is 0 Å². The maximum atomic E-state index is 6.13. The first-order valence-corrected chi connectivity index (χ1v) is 7.58. The molecule has 106 valence electrons. The molecular formula is C16H16Cl3N. The lowest BCUT2D eigenvalue weighted by atomic mass is 10.0. The molecule has 0 radical (unpaired) electrons. The van der Waals surface area contributed by atoms with Crippen molar-refractivity contribution in [3.8, 4) is 0 Å². The standard InChI is InChI=1S/C16H16Cl3N/c1-10(2)12-5-3-11(4-6-12)9-20-16-8-14(18)13(17)7-15(16)19/h3-8,10,20H,9H2,1-2H3. The first-order chi connectivity index (χ1) is 9.47. The fourth-order valence-electron chi connectivity index (χ4n) is 1.88. The Morgan fingerprint density at radius 1 is 0.900 bits per heavy atom. The molecule has 0 saturated carbocycles. The second-order valence-corrected chi connectivity index (χ2v) is 6.22. The van der Waals surface area contributed by atoms with Gasteiger partial charge >= 0.3 is 0 Å². The first-order valence-electron chi connectivity index (χ1n) is 6.44. The van der Waals surface area contributed by atoms with E-state index in [0.717, 1.165) is 5.69 Å². The van der Waals surface area contributed by atoms with Gasteiger partial charge in [-0.2, -0.15) is 0 Å². The third kappa shape index (κ3) is 3.82. The Morgan fingerprint density at radius 2 is 1.50 bits per heavy atom. The van der Waals surface area contributed by atoms with Crippen LogP contribution in [0.15, 0.2) is 36.4 Å². The molecule has 1 nitrogen and oxygen atoms in total. The van der Waals surface area contributed by atoms with Gasteiger partial charge in [0.1, 0.15) is 0 Å². The molecule has 0 aliphatic rings. The van der Waals surface area contributed by atoms with E-state index in [4.69, 9.17) is 34.8 Å². The van der Waals surface area contributed by atoms with Gasteiger partial charge in [0, 0.05) is 6.54 Å². The van der Waals surface area contributed by atoms with Crippen molar-refractivity contribution in [1.29, 1.82) is 0 Å². The summed E-state index contributed by atoms with van der Waals surface area (Å²) in [5.74, 6) is 0.543. The Kier molecular flexibility index (Phi) is 5.20. The third-order valence-corrected chi connectivity index (χ3v) is 4.17.